The molecule has 0 aromatic heterocycles. The highest BCUT2D eigenvalue weighted by Crippen LogP contribution is 2.32. The molecule has 21 heavy (non-hydrogen) atoms. The maximum Gasteiger partial charge on any atom is 0.162 e. The molecule has 112 valence electrons. The Morgan fingerprint density at radius 3 is 2.38 bits per heavy atom. The van der Waals surface area contributed by atoms with Crippen molar-refractivity contribution in [3.63, 3.8) is 0 Å². The quantitative estimate of drug-likeness (QED) is 0.870. The fourth-order valence-electron chi connectivity index (χ4n) is 2.11. The van der Waals surface area contributed by atoms with Gasteiger partial charge in [0, 0.05) is 22.8 Å². The number of hydrogen-bond donors (Lipinski definition) is 1. The van der Waals surface area contributed by atoms with E-state index >= 15 is 0 Å². The smallest absolute Gasteiger partial charge is 0.162 e. The Hall–Kier alpha value is -1.94. The third-order valence-electron chi connectivity index (χ3n) is 3.20. The monoisotopic (exact) mass is 309 g/mol. The Labute approximate surface area is 128 Å². The van der Waals surface area contributed by atoms with E-state index < -0.39 is 0 Å². The molecular formula is C16H17ClFNO2. The van der Waals surface area contributed by atoms with Gasteiger partial charge >= 0.3 is 0 Å². The van der Waals surface area contributed by atoms with E-state index in [0.29, 0.717) is 16.5 Å². The summed E-state index contributed by atoms with van der Waals surface area (Å²) < 4.78 is 23.5. The largest absolute Gasteiger partial charge is 0.493 e. The van der Waals surface area contributed by atoms with Crippen LogP contribution in [0.25, 0.3) is 0 Å². The highest BCUT2D eigenvalue weighted by molar-refractivity contribution is 6.31. The Balaban J connectivity index is 2.21. The molecule has 2 aromatic rings. The number of anilines is 1. The molecular weight excluding hydrogens is 293 g/mol. The van der Waals surface area contributed by atoms with Crippen molar-refractivity contribution in [3.05, 3.63) is 52.8 Å². The van der Waals surface area contributed by atoms with Crippen LogP contribution in [0.5, 0.6) is 11.5 Å². The standard InChI is InChI=1S/C16H17ClFNO2/c1-10(13-6-4-11(18)8-14(13)17)19-12-5-7-15(20-2)16(9-12)21-3/h4-10,19H,1-3H3. The summed E-state index contributed by atoms with van der Waals surface area (Å²) in [6, 6.07) is 9.85. The van der Waals surface area contributed by atoms with Crippen molar-refractivity contribution in [2.24, 2.45) is 0 Å². The predicted octanol–water partition coefficient (Wildman–Crippen LogP) is 4.67. The SMILES string of the molecule is COc1ccc(NC(C)c2ccc(F)cc2Cl)cc1OC. The summed E-state index contributed by atoms with van der Waals surface area (Å²) in [6.45, 7) is 1.95. The van der Waals surface area contributed by atoms with Crippen LogP contribution in [0.1, 0.15) is 18.5 Å². The van der Waals surface area contributed by atoms with Crippen LogP contribution in [0.3, 0.4) is 0 Å². The van der Waals surface area contributed by atoms with E-state index in [9.17, 15) is 4.39 Å². The van der Waals surface area contributed by atoms with Gasteiger partial charge in [-0.1, -0.05) is 17.7 Å². The molecule has 0 aliphatic heterocycles. The molecule has 1 N–H and O–H groups in total. The molecule has 1 unspecified atom stereocenters. The molecule has 2 rings (SSSR count). The summed E-state index contributed by atoms with van der Waals surface area (Å²) in [5.41, 5.74) is 1.69. The number of ether oxygens (including phenoxy) is 2. The molecule has 0 saturated carbocycles. The Kier molecular flexibility index (Phi) is 4.91. The molecule has 0 spiro atoms. The van der Waals surface area contributed by atoms with Crippen LogP contribution in [0, 0.1) is 5.82 Å². The number of benzene rings is 2. The molecule has 0 bridgehead atoms. The number of hydrogen-bond acceptors (Lipinski definition) is 3. The molecule has 0 heterocycles. The lowest BCUT2D eigenvalue weighted by Gasteiger charge is -2.18. The highest BCUT2D eigenvalue weighted by atomic mass is 35.5. The molecule has 0 aliphatic carbocycles. The minimum absolute atomic E-state index is 0.0730. The molecule has 0 amide bonds. The van der Waals surface area contributed by atoms with E-state index in [1.54, 1.807) is 20.3 Å². The fraction of sp³-hybridized carbons (Fsp3) is 0.250. The molecule has 0 fully saturated rings. The van der Waals surface area contributed by atoms with E-state index in [-0.39, 0.29) is 11.9 Å². The first kappa shape index (κ1) is 15.4. The summed E-state index contributed by atoms with van der Waals surface area (Å²) in [6.07, 6.45) is 0. The van der Waals surface area contributed by atoms with Gasteiger partial charge in [0.25, 0.3) is 0 Å². The van der Waals surface area contributed by atoms with Crippen molar-refractivity contribution < 1.29 is 13.9 Å². The van der Waals surface area contributed by atoms with Crippen LogP contribution >= 0.6 is 11.6 Å². The average molecular weight is 310 g/mol. The van der Waals surface area contributed by atoms with E-state index in [4.69, 9.17) is 21.1 Å². The first-order valence-corrected chi connectivity index (χ1v) is 6.86. The van der Waals surface area contributed by atoms with Crippen molar-refractivity contribution in [3.8, 4) is 11.5 Å². The van der Waals surface area contributed by atoms with Gasteiger partial charge < -0.3 is 14.8 Å². The van der Waals surface area contributed by atoms with Gasteiger partial charge in [-0.15, -0.1) is 0 Å². The van der Waals surface area contributed by atoms with Crippen molar-refractivity contribution in [1.29, 1.82) is 0 Å². The van der Waals surface area contributed by atoms with Gasteiger partial charge in [-0.05, 0) is 36.8 Å². The third kappa shape index (κ3) is 3.58. The molecule has 2 aromatic carbocycles. The van der Waals surface area contributed by atoms with Crippen molar-refractivity contribution in [2.75, 3.05) is 19.5 Å². The molecule has 3 nitrogen and oxygen atoms in total. The lowest BCUT2D eigenvalue weighted by Crippen LogP contribution is -2.07. The third-order valence-corrected chi connectivity index (χ3v) is 3.52. The van der Waals surface area contributed by atoms with Crippen molar-refractivity contribution >= 4 is 17.3 Å². The normalized spacial score (nSPS) is 11.9. The summed E-state index contributed by atoms with van der Waals surface area (Å²) in [5.74, 6) is 0.956. The predicted molar refractivity (Wildman–Crippen MR) is 83.0 cm³/mol. The van der Waals surface area contributed by atoms with Crippen molar-refractivity contribution in [1.82, 2.24) is 0 Å². The van der Waals surface area contributed by atoms with Gasteiger partial charge in [0.15, 0.2) is 11.5 Å². The van der Waals surface area contributed by atoms with Crippen LogP contribution in [0.4, 0.5) is 10.1 Å². The first-order chi connectivity index (χ1) is 10.0. The lowest BCUT2D eigenvalue weighted by atomic mass is 10.1. The second kappa shape index (κ2) is 6.68. The van der Waals surface area contributed by atoms with E-state index in [1.165, 1.54) is 12.1 Å². The minimum atomic E-state index is -0.345. The molecule has 0 aliphatic rings. The lowest BCUT2D eigenvalue weighted by molar-refractivity contribution is 0.355. The zero-order valence-electron chi connectivity index (χ0n) is 12.1. The van der Waals surface area contributed by atoms with E-state index in [1.807, 2.05) is 25.1 Å². The summed E-state index contributed by atoms with van der Waals surface area (Å²) in [4.78, 5) is 0. The zero-order chi connectivity index (χ0) is 15.4. The van der Waals surface area contributed by atoms with Crippen LogP contribution in [-0.4, -0.2) is 14.2 Å². The highest BCUT2D eigenvalue weighted by Gasteiger charge is 2.12. The maximum atomic E-state index is 13.1. The zero-order valence-corrected chi connectivity index (χ0v) is 12.9. The summed E-state index contributed by atoms with van der Waals surface area (Å²) in [7, 11) is 3.17. The van der Waals surface area contributed by atoms with E-state index in [2.05, 4.69) is 5.32 Å². The minimum Gasteiger partial charge on any atom is -0.493 e. The van der Waals surface area contributed by atoms with Gasteiger partial charge in [-0.2, -0.15) is 0 Å². The molecule has 5 heteroatoms. The van der Waals surface area contributed by atoms with Crippen LogP contribution < -0.4 is 14.8 Å². The number of halogens is 2. The number of methoxy groups -OCH3 is 2. The summed E-state index contributed by atoms with van der Waals surface area (Å²) in [5, 5.41) is 3.70. The van der Waals surface area contributed by atoms with Gasteiger partial charge in [0.1, 0.15) is 5.82 Å². The molecule has 0 saturated heterocycles. The Bertz CT molecular complexity index is 634. The maximum absolute atomic E-state index is 13.1. The van der Waals surface area contributed by atoms with Crippen LogP contribution in [-0.2, 0) is 0 Å². The topological polar surface area (TPSA) is 30.5 Å². The Morgan fingerprint density at radius 1 is 1.05 bits per heavy atom. The second-order valence-electron chi connectivity index (χ2n) is 4.60. The van der Waals surface area contributed by atoms with Gasteiger partial charge in [-0.3, -0.25) is 0 Å². The fourth-order valence-corrected chi connectivity index (χ4v) is 2.44. The Morgan fingerprint density at radius 2 is 1.76 bits per heavy atom. The number of nitrogens with one attached hydrogen (secondary N) is 1. The van der Waals surface area contributed by atoms with Gasteiger partial charge in [-0.25, -0.2) is 4.39 Å². The van der Waals surface area contributed by atoms with Crippen LogP contribution in [0.2, 0.25) is 5.02 Å². The van der Waals surface area contributed by atoms with Gasteiger partial charge in [0.05, 0.1) is 14.2 Å². The van der Waals surface area contributed by atoms with Crippen molar-refractivity contribution in [2.45, 2.75) is 13.0 Å². The molecule has 1 atom stereocenters. The second-order valence-corrected chi connectivity index (χ2v) is 5.01. The number of rotatable bonds is 5. The molecule has 0 radical (unpaired) electrons. The summed E-state index contributed by atoms with van der Waals surface area (Å²) >= 11 is 6.07. The average Bonchev–Trinajstić information content (AvgIpc) is 2.46. The van der Waals surface area contributed by atoms with E-state index in [0.717, 1.165) is 11.3 Å². The first-order valence-electron chi connectivity index (χ1n) is 6.48. The van der Waals surface area contributed by atoms with Gasteiger partial charge in [0.2, 0.25) is 0 Å². The van der Waals surface area contributed by atoms with Crippen LogP contribution in [0.15, 0.2) is 36.4 Å².